The van der Waals surface area contributed by atoms with Crippen LogP contribution in [0.25, 0.3) is 0 Å². The van der Waals surface area contributed by atoms with Gasteiger partial charge in [0, 0.05) is 24.2 Å². The van der Waals surface area contributed by atoms with Crippen LogP contribution in [0.1, 0.15) is 23.7 Å². The molecule has 0 aliphatic rings. The van der Waals surface area contributed by atoms with Gasteiger partial charge in [-0.25, -0.2) is 13.1 Å². The van der Waals surface area contributed by atoms with E-state index in [0.29, 0.717) is 11.3 Å². The van der Waals surface area contributed by atoms with Gasteiger partial charge < -0.3 is 10.1 Å². The number of carbonyl (C=O) groups is 2. The number of rotatable bonds is 8. The Morgan fingerprint density at radius 3 is 2.31 bits per heavy atom. The first-order chi connectivity index (χ1) is 13.5. The molecule has 0 unspecified atom stereocenters. The predicted octanol–water partition coefficient (Wildman–Crippen LogP) is 3.09. The number of halogens is 3. The summed E-state index contributed by atoms with van der Waals surface area (Å²) in [6.45, 7) is 1.15. The van der Waals surface area contributed by atoms with Crippen molar-refractivity contribution in [2.45, 2.75) is 24.6 Å². The lowest BCUT2D eigenvalue weighted by molar-refractivity contribution is -0.274. The average molecular weight is 430 g/mol. The fourth-order valence-electron chi connectivity index (χ4n) is 2.24. The van der Waals surface area contributed by atoms with E-state index >= 15 is 0 Å². The molecule has 2 aromatic rings. The molecular formula is C18H17F3N2O5S. The fraction of sp³-hybridized carbons (Fsp3) is 0.222. The Labute approximate surface area is 164 Å². The van der Waals surface area contributed by atoms with Crippen LogP contribution in [0.15, 0.2) is 53.4 Å². The van der Waals surface area contributed by atoms with E-state index < -0.39 is 28.0 Å². The Morgan fingerprint density at radius 2 is 1.72 bits per heavy atom. The minimum atomic E-state index is -4.88. The quantitative estimate of drug-likeness (QED) is 0.627. The summed E-state index contributed by atoms with van der Waals surface area (Å²) in [5, 5.41) is 2.54. The molecule has 29 heavy (non-hydrogen) atoms. The van der Waals surface area contributed by atoms with Crippen LogP contribution in [-0.2, 0) is 14.8 Å². The number of anilines is 1. The molecule has 0 spiro atoms. The molecule has 7 nitrogen and oxygen atoms in total. The fourth-order valence-corrected chi connectivity index (χ4v) is 3.27. The number of Topliss-reactive ketones (excluding diaryl/α,β-unsaturated/α-hetero) is 1. The molecule has 156 valence electrons. The molecule has 1 amide bonds. The van der Waals surface area contributed by atoms with E-state index in [0.717, 1.165) is 24.3 Å². The van der Waals surface area contributed by atoms with Gasteiger partial charge in [-0.2, -0.15) is 0 Å². The molecule has 0 atom stereocenters. The maximum Gasteiger partial charge on any atom is 0.573 e. The summed E-state index contributed by atoms with van der Waals surface area (Å²) in [5.74, 6) is -1.20. The zero-order valence-corrected chi connectivity index (χ0v) is 15.9. The van der Waals surface area contributed by atoms with E-state index in [1.165, 1.54) is 13.0 Å². The average Bonchev–Trinajstić information content (AvgIpc) is 2.60. The van der Waals surface area contributed by atoms with Crippen molar-refractivity contribution in [3.63, 3.8) is 0 Å². The maximum atomic E-state index is 12.1. The van der Waals surface area contributed by atoms with E-state index in [1.54, 1.807) is 18.2 Å². The zero-order valence-electron chi connectivity index (χ0n) is 15.1. The number of hydrogen-bond acceptors (Lipinski definition) is 5. The number of amides is 1. The minimum absolute atomic E-state index is 0.166. The molecule has 2 rings (SSSR count). The van der Waals surface area contributed by atoms with Gasteiger partial charge in [-0.1, -0.05) is 12.1 Å². The molecule has 0 saturated carbocycles. The summed E-state index contributed by atoms with van der Waals surface area (Å²) in [5.41, 5.74) is 0.812. The summed E-state index contributed by atoms with van der Waals surface area (Å²) >= 11 is 0. The van der Waals surface area contributed by atoms with Crippen molar-refractivity contribution < 1.29 is 35.9 Å². The number of alkyl halides is 3. The van der Waals surface area contributed by atoms with Crippen LogP contribution in [0.4, 0.5) is 18.9 Å². The van der Waals surface area contributed by atoms with Gasteiger partial charge >= 0.3 is 6.36 Å². The standard InChI is InChI=1S/C18H17F3N2O5S/c1-12(24)13-3-2-4-14(11-13)23-17(25)9-10-22-29(26,27)16-7-5-15(6-8-16)28-18(19,20)21/h2-8,11,22H,9-10H2,1H3,(H,23,25). The summed E-state index contributed by atoms with van der Waals surface area (Å²) in [6.07, 6.45) is -5.07. The molecule has 2 N–H and O–H groups in total. The topological polar surface area (TPSA) is 102 Å². The number of ether oxygens (including phenoxy) is 1. The summed E-state index contributed by atoms with van der Waals surface area (Å²) in [6, 6.07) is 9.92. The highest BCUT2D eigenvalue weighted by Crippen LogP contribution is 2.23. The molecule has 11 heteroatoms. The number of carbonyl (C=O) groups excluding carboxylic acids is 2. The van der Waals surface area contributed by atoms with Crippen molar-refractivity contribution in [3.05, 3.63) is 54.1 Å². The van der Waals surface area contributed by atoms with Gasteiger partial charge in [0.2, 0.25) is 15.9 Å². The van der Waals surface area contributed by atoms with E-state index in [2.05, 4.69) is 14.8 Å². The highest BCUT2D eigenvalue weighted by molar-refractivity contribution is 7.89. The van der Waals surface area contributed by atoms with Gasteiger partial charge in [-0.15, -0.1) is 13.2 Å². The number of sulfonamides is 1. The van der Waals surface area contributed by atoms with Crippen LogP contribution in [0.5, 0.6) is 5.75 Å². The number of benzene rings is 2. The molecule has 0 aromatic heterocycles. The summed E-state index contributed by atoms with van der Waals surface area (Å²) in [4.78, 5) is 23.0. The Morgan fingerprint density at radius 1 is 1.07 bits per heavy atom. The monoisotopic (exact) mass is 430 g/mol. The first-order valence-electron chi connectivity index (χ1n) is 8.22. The SMILES string of the molecule is CC(=O)c1cccc(NC(=O)CCNS(=O)(=O)c2ccc(OC(F)(F)F)cc2)c1. The van der Waals surface area contributed by atoms with E-state index in [9.17, 15) is 31.2 Å². The van der Waals surface area contributed by atoms with Crippen LogP contribution in [0, 0.1) is 0 Å². The van der Waals surface area contributed by atoms with E-state index in [-0.39, 0.29) is 23.6 Å². The van der Waals surface area contributed by atoms with Gasteiger partial charge in [0.1, 0.15) is 5.75 Å². The lowest BCUT2D eigenvalue weighted by Crippen LogP contribution is -2.28. The molecule has 0 aliphatic carbocycles. The second-order valence-corrected chi connectivity index (χ2v) is 7.62. The first-order valence-corrected chi connectivity index (χ1v) is 9.71. The summed E-state index contributed by atoms with van der Waals surface area (Å²) < 4.78 is 66.5. The minimum Gasteiger partial charge on any atom is -0.406 e. The van der Waals surface area contributed by atoms with Crippen molar-refractivity contribution in [1.82, 2.24) is 4.72 Å². The smallest absolute Gasteiger partial charge is 0.406 e. The highest BCUT2D eigenvalue weighted by Gasteiger charge is 2.31. The van der Waals surface area contributed by atoms with Crippen LogP contribution in [0.3, 0.4) is 0 Å². The Kier molecular flexibility index (Phi) is 6.98. The van der Waals surface area contributed by atoms with Crippen molar-refractivity contribution >= 4 is 27.4 Å². The Bertz CT molecular complexity index is 989. The third kappa shape index (κ3) is 7.20. The van der Waals surface area contributed by atoms with Gasteiger partial charge in [0.25, 0.3) is 0 Å². The van der Waals surface area contributed by atoms with E-state index in [1.807, 2.05) is 0 Å². The van der Waals surface area contributed by atoms with Crippen molar-refractivity contribution in [3.8, 4) is 5.75 Å². The number of nitrogens with one attached hydrogen (secondary N) is 2. The summed E-state index contributed by atoms with van der Waals surface area (Å²) in [7, 11) is -4.02. The van der Waals surface area contributed by atoms with E-state index in [4.69, 9.17) is 0 Å². The highest BCUT2D eigenvalue weighted by atomic mass is 32.2. The Balaban J connectivity index is 1.89. The Hall–Kier alpha value is -2.92. The third-order valence-corrected chi connectivity index (χ3v) is 5.04. The lowest BCUT2D eigenvalue weighted by atomic mass is 10.1. The molecule has 0 saturated heterocycles. The maximum absolute atomic E-state index is 12.1. The van der Waals surface area contributed by atoms with Gasteiger partial charge in [0.15, 0.2) is 5.78 Å². The van der Waals surface area contributed by atoms with Gasteiger partial charge in [0.05, 0.1) is 4.90 Å². The van der Waals surface area contributed by atoms with Crippen molar-refractivity contribution in [2.24, 2.45) is 0 Å². The first kappa shape index (κ1) is 22.4. The molecular weight excluding hydrogens is 413 g/mol. The lowest BCUT2D eigenvalue weighted by Gasteiger charge is -2.10. The van der Waals surface area contributed by atoms with Crippen LogP contribution in [-0.4, -0.2) is 33.0 Å². The zero-order chi connectivity index (χ0) is 21.7. The largest absolute Gasteiger partial charge is 0.573 e. The second kappa shape index (κ2) is 9.05. The molecule has 0 radical (unpaired) electrons. The molecule has 0 aliphatic heterocycles. The van der Waals surface area contributed by atoms with Crippen LogP contribution < -0.4 is 14.8 Å². The number of hydrogen-bond donors (Lipinski definition) is 2. The molecule has 0 heterocycles. The molecule has 0 fully saturated rings. The van der Waals surface area contributed by atoms with Crippen LogP contribution in [0.2, 0.25) is 0 Å². The van der Waals surface area contributed by atoms with Gasteiger partial charge in [-0.05, 0) is 43.3 Å². The van der Waals surface area contributed by atoms with Gasteiger partial charge in [-0.3, -0.25) is 9.59 Å². The van der Waals surface area contributed by atoms with Crippen molar-refractivity contribution in [2.75, 3.05) is 11.9 Å². The third-order valence-electron chi connectivity index (χ3n) is 3.56. The normalized spacial score (nSPS) is 11.7. The molecule has 0 bridgehead atoms. The second-order valence-electron chi connectivity index (χ2n) is 5.85. The van der Waals surface area contributed by atoms with Crippen LogP contribution >= 0.6 is 0 Å². The van der Waals surface area contributed by atoms with Crippen molar-refractivity contribution in [1.29, 1.82) is 0 Å². The molecule has 2 aromatic carbocycles. The number of ketones is 1. The predicted molar refractivity (Wildman–Crippen MR) is 98.0 cm³/mol.